The molecule has 1 amide bonds. The van der Waals surface area contributed by atoms with Crippen molar-refractivity contribution >= 4 is 27.3 Å². The number of hydrogen-bond acceptors (Lipinski definition) is 3. The van der Waals surface area contributed by atoms with Gasteiger partial charge >= 0.3 is 0 Å². The fourth-order valence-electron chi connectivity index (χ4n) is 2.48. The van der Waals surface area contributed by atoms with Crippen LogP contribution in [0.5, 0.6) is 0 Å². The van der Waals surface area contributed by atoms with E-state index in [1.807, 2.05) is 0 Å². The van der Waals surface area contributed by atoms with Crippen LogP contribution < -0.4 is 10.0 Å². The van der Waals surface area contributed by atoms with Gasteiger partial charge < -0.3 is 5.32 Å². The van der Waals surface area contributed by atoms with Crippen molar-refractivity contribution in [2.24, 2.45) is 0 Å². The molecule has 3 aromatic carbocycles. The highest BCUT2D eigenvalue weighted by Crippen LogP contribution is 2.21. The predicted molar refractivity (Wildman–Crippen MR) is 103 cm³/mol. The van der Waals surface area contributed by atoms with Crippen LogP contribution in [0.15, 0.2) is 71.6 Å². The predicted octanol–water partition coefficient (Wildman–Crippen LogP) is 4.33. The van der Waals surface area contributed by atoms with E-state index in [2.05, 4.69) is 10.0 Å². The molecule has 0 aliphatic rings. The van der Waals surface area contributed by atoms with Crippen molar-refractivity contribution < 1.29 is 22.0 Å². The Kier molecular flexibility index (Phi) is 5.41. The Morgan fingerprint density at radius 3 is 2.36 bits per heavy atom. The molecule has 0 radical (unpaired) electrons. The third-order valence-corrected chi connectivity index (χ3v) is 5.34. The van der Waals surface area contributed by atoms with Crippen molar-refractivity contribution in [2.45, 2.75) is 11.8 Å². The van der Waals surface area contributed by atoms with Crippen molar-refractivity contribution in [3.63, 3.8) is 0 Å². The smallest absolute Gasteiger partial charge is 0.261 e. The summed E-state index contributed by atoms with van der Waals surface area (Å²) in [7, 11) is -3.93. The summed E-state index contributed by atoms with van der Waals surface area (Å²) < 4.78 is 54.4. The maximum absolute atomic E-state index is 13.7. The highest BCUT2D eigenvalue weighted by molar-refractivity contribution is 7.92. The molecule has 2 N–H and O–H groups in total. The molecule has 0 atom stereocenters. The Morgan fingerprint density at radius 1 is 0.893 bits per heavy atom. The number of halogens is 2. The van der Waals surface area contributed by atoms with Crippen LogP contribution in [0.4, 0.5) is 20.2 Å². The second kappa shape index (κ2) is 7.77. The van der Waals surface area contributed by atoms with Crippen molar-refractivity contribution in [1.29, 1.82) is 0 Å². The highest BCUT2D eigenvalue weighted by Gasteiger charge is 2.18. The second-order valence-corrected chi connectivity index (χ2v) is 7.71. The lowest BCUT2D eigenvalue weighted by Crippen LogP contribution is -2.16. The van der Waals surface area contributed by atoms with Crippen LogP contribution in [0.3, 0.4) is 0 Å². The first-order valence-corrected chi connectivity index (χ1v) is 9.69. The molecular formula is C20H16F2N2O3S. The molecule has 144 valence electrons. The Balaban J connectivity index is 1.85. The molecule has 5 nitrogen and oxygen atoms in total. The Bertz CT molecular complexity index is 1150. The highest BCUT2D eigenvalue weighted by atomic mass is 32.2. The zero-order valence-corrected chi connectivity index (χ0v) is 15.6. The number of benzene rings is 3. The van der Waals surface area contributed by atoms with Gasteiger partial charge in [0.25, 0.3) is 15.9 Å². The fourth-order valence-corrected chi connectivity index (χ4v) is 3.66. The van der Waals surface area contributed by atoms with E-state index < -0.39 is 27.6 Å². The van der Waals surface area contributed by atoms with Crippen LogP contribution in [0.2, 0.25) is 0 Å². The number of aryl methyl sites for hydroxylation is 1. The Hall–Kier alpha value is -3.26. The lowest BCUT2D eigenvalue weighted by molar-refractivity contribution is 0.102. The largest absolute Gasteiger partial charge is 0.319 e. The minimum atomic E-state index is -3.93. The summed E-state index contributed by atoms with van der Waals surface area (Å²) >= 11 is 0. The topological polar surface area (TPSA) is 75.3 Å². The first kappa shape index (κ1) is 19.5. The maximum atomic E-state index is 13.7. The van der Waals surface area contributed by atoms with Crippen LogP contribution in [0.1, 0.15) is 15.9 Å². The van der Waals surface area contributed by atoms with Crippen LogP contribution in [0.25, 0.3) is 0 Å². The van der Waals surface area contributed by atoms with Gasteiger partial charge in [-0.15, -0.1) is 0 Å². The molecule has 0 aliphatic carbocycles. The molecule has 0 aromatic heterocycles. The first-order valence-electron chi connectivity index (χ1n) is 8.21. The number of carbonyl (C=O) groups is 1. The molecule has 0 unspecified atom stereocenters. The van der Waals surface area contributed by atoms with Crippen molar-refractivity contribution in [2.75, 3.05) is 10.0 Å². The number of sulfonamides is 1. The van der Waals surface area contributed by atoms with Gasteiger partial charge in [0.2, 0.25) is 0 Å². The first-order chi connectivity index (χ1) is 13.3. The normalized spacial score (nSPS) is 11.1. The average molecular weight is 402 g/mol. The van der Waals surface area contributed by atoms with E-state index >= 15 is 0 Å². The van der Waals surface area contributed by atoms with Gasteiger partial charge in [-0.1, -0.05) is 24.3 Å². The molecular weight excluding hydrogens is 386 g/mol. The quantitative estimate of drug-likeness (QED) is 0.667. The van der Waals surface area contributed by atoms with Gasteiger partial charge in [0, 0.05) is 11.6 Å². The number of para-hydroxylation sites is 1. The zero-order valence-electron chi connectivity index (χ0n) is 14.7. The summed E-state index contributed by atoms with van der Waals surface area (Å²) in [6.45, 7) is 1.76. The van der Waals surface area contributed by atoms with E-state index in [0.717, 1.165) is 17.7 Å². The van der Waals surface area contributed by atoms with Crippen LogP contribution >= 0.6 is 0 Å². The van der Waals surface area contributed by atoms with E-state index in [9.17, 15) is 22.0 Å². The summed E-state index contributed by atoms with van der Waals surface area (Å²) in [5, 5.41) is 2.30. The van der Waals surface area contributed by atoms with E-state index in [1.54, 1.807) is 31.2 Å². The van der Waals surface area contributed by atoms with Gasteiger partial charge in [-0.2, -0.15) is 0 Å². The van der Waals surface area contributed by atoms with Gasteiger partial charge in [-0.25, -0.2) is 17.2 Å². The Morgan fingerprint density at radius 2 is 1.64 bits per heavy atom. The summed E-state index contributed by atoms with van der Waals surface area (Å²) in [6.07, 6.45) is 0. The van der Waals surface area contributed by atoms with Crippen molar-refractivity contribution in [1.82, 2.24) is 0 Å². The van der Waals surface area contributed by atoms with Crippen molar-refractivity contribution in [3.05, 3.63) is 89.5 Å². The molecule has 0 saturated heterocycles. The lowest BCUT2D eigenvalue weighted by Gasteiger charge is -2.11. The van der Waals surface area contributed by atoms with Crippen LogP contribution in [-0.4, -0.2) is 14.3 Å². The number of anilines is 2. The monoisotopic (exact) mass is 402 g/mol. The second-order valence-electron chi connectivity index (χ2n) is 6.03. The molecule has 0 aliphatic heterocycles. The minimum Gasteiger partial charge on any atom is -0.319 e. The SMILES string of the molecule is Cc1ccccc1NS(=O)(=O)c1cccc(C(=O)Nc2ccc(F)cc2F)c1. The molecule has 0 spiro atoms. The molecule has 0 heterocycles. The van der Waals surface area contributed by atoms with Crippen molar-refractivity contribution in [3.8, 4) is 0 Å². The molecule has 0 fully saturated rings. The summed E-state index contributed by atoms with van der Waals surface area (Å²) in [5.74, 6) is -2.43. The molecule has 0 saturated carbocycles. The average Bonchev–Trinajstić information content (AvgIpc) is 2.66. The molecule has 3 rings (SSSR count). The van der Waals surface area contributed by atoms with Gasteiger partial charge in [0.05, 0.1) is 16.3 Å². The number of carbonyl (C=O) groups excluding carboxylic acids is 1. The molecule has 0 bridgehead atoms. The van der Waals surface area contributed by atoms with Crippen LogP contribution in [-0.2, 0) is 10.0 Å². The number of amides is 1. The number of rotatable bonds is 5. The van der Waals surface area contributed by atoms with E-state index in [0.29, 0.717) is 11.8 Å². The third-order valence-electron chi connectivity index (χ3n) is 3.98. The van der Waals surface area contributed by atoms with Gasteiger partial charge in [0.1, 0.15) is 11.6 Å². The van der Waals surface area contributed by atoms with E-state index in [-0.39, 0.29) is 16.1 Å². The number of hydrogen-bond donors (Lipinski definition) is 2. The number of nitrogens with one attached hydrogen (secondary N) is 2. The molecule has 8 heteroatoms. The Labute approximate surface area is 161 Å². The molecule has 28 heavy (non-hydrogen) atoms. The summed E-state index contributed by atoms with van der Waals surface area (Å²) in [4.78, 5) is 12.2. The summed E-state index contributed by atoms with van der Waals surface area (Å²) in [5.41, 5.74) is 0.964. The summed E-state index contributed by atoms with van der Waals surface area (Å²) in [6, 6.07) is 14.9. The zero-order chi connectivity index (χ0) is 20.3. The van der Waals surface area contributed by atoms with Crippen LogP contribution in [0, 0.1) is 18.6 Å². The lowest BCUT2D eigenvalue weighted by atomic mass is 10.2. The minimum absolute atomic E-state index is 0.0105. The van der Waals surface area contributed by atoms with Gasteiger partial charge in [-0.05, 0) is 48.9 Å². The maximum Gasteiger partial charge on any atom is 0.261 e. The van der Waals surface area contributed by atoms with Gasteiger partial charge in [0.15, 0.2) is 0 Å². The standard InChI is InChI=1S/C20H16F2N2O3S/c1-13-5-2-3-8-18(13)24-28(26,27)16-7-4-6-14(11-16)20(25)23-19-10-9-15(21)12-17(19)22/h2-12,24H,1H3,(H,23,25). The fraction of sp³-hybridized carbons (Fsp3) is 0.0500. The molecule has 3 aromatic rings. The van der Waals surface area contributed by atoms with E-state index in [1.165, 1.54) is 24.3 Å². The third kappa shape index (κ3) is 4.34. The van der Waals surface area contributed by atoms with E-state index in [4.69, 9.17) is 0 Å². The van der Waals surface area contributed by atoms with Gasteiger partial charge in [-0.3, -0.25) is 9.52 Å².